The molecule has 0 unspecified atom stereocenters. The van der Waals surface area contributed by atoms with Crippen LogP contribution in [0.3, 0.4) is 0 Å². The van der Waals surface area contributed by atoms with Gasteiger partial charge in [0.05, 0.1) is 6.61 Å². The fraction of sp³-hybridized carbons (Fsp3) is 0.697. The van der Waals surface area contributed by atoms with Crippen LogP contribution in [-0.4, -0.2) is 6.61 Å². The fourth-order valence-electron chi connectivity index (χ4n) is 7.85. The van der Waals surface area contributed by atoms with Gasteiger partial charge >= 0.3 is 0 Å². The van der Waals surface area contributed by atoms with Crippen LogP contribution in [0, 0.1) is 35.5 Å². The van der Waals surface area contributed by atoms with Gasteiger partial charge in [0.15, 0.2) is 0 Å². The highest BCUT2D eigenvalue weighted by molar-refractivity contribution is 7.19. The molecule has 3 aliphatic carbocycles. The van der Waals surface area contributed by atoms with Gasteiger partial charge in [-0.2, -0.15) is 0 Å². The molecule has 1 heterocycles. The predicted octanol–water partition coefficient (Wildman–Crippen LogP) is 10.5. The summed E-state index contributed by atoms with van der Waals surface area (Å²) in [6, 6.07) is 8.83. The maximum Gasteiger partial charge on any atom is 0.120 e. The summed E-state index contributed by atoms with van der Waals surface area (Å²) in [5, 5.41) is 1.34. The molecule has 0 radical (unpaired) electrons. The smallest absolute Gasteiger partial charge is 0.120 e. The molecule has 1 aromatic carbocycles. The Morgan fingerprint density at radius 1 is 0.771 bits per heavy atom. The lowest BCUT2D eigenvalue weighted by molar-refractivity contribution is 0.107. The topological polar surface area (TPSA) is 9.23 Å². The van der Waals surface area contributed by atoms with Crippen LogP contribution in [0.2, 0.25) is 0 Å². The minimum absolute atomic E-state index is 0.730. The van der Waals surface area contributed by atoms with Crippen molar-refractivity contribution >= 4 is 27.5 Å². The number of ether oxygens (including phenoxy) is 1. The third-order valence-electron chi connectivity index (χ3n) is 9.91. The summed E-state index contributed by atoms with van der Waals surface area (Å²) in [6.07, 6.45) is 25.9. The Labute approximate surface area is 218 Å². The zero-order valence-electron chi connectivity index (χ0n) is 22.4. The van der Waals surface area contributed by atoms with E-state index in [1.807, 2.05) is 18.3 Å². The first kappa shape index (κ1) is 25.4. The summed E-state index contributed by atoms with van der Waals surface area (Å²) < 4.78 is 7.01. The standard InChI is InChI=1S/C33H48OS/c1-3-5-24-6-11-26(12-7-24)28-15-17-29(18-16-28)27-13-8-25(9-14-27)10-21-32-22-30-19-20-31(34-4-2)23-33(30)35-32/h10,19-29H,3-9,11-18H2,1-2H3/b21-10+. The molecule has 2 heteroatoms. The van der Waals surface area contributed by atoms with Gasteiger partial charge in [0.25, 0.3) is 0 Å². The van der Waals surface area contributed by atoms with Crippen molar-refractivity contribution in [2.45, 2.75) is 104 Å². The zero-order chi connectivity index (χ0) is 24.0. The highest BCUT2D eigenvalue weighted by Gasteiger charge is 2.34. The zero-order valence-corrected chi connectivity index (χ0v) is 23.2. The maximum atomic E-state index is 5.68. The molecule has 5 rings (SSSR count). The predicted molar refractivity (Wildman–Crippen MR) is 153 cm³/mol. The van der Waals surface area contributed by atoms with Crippen LogP contribution >= 0.6 is 11.3 Å². The molecule has 0 atom stereocenters. The number of thiophene rings is 1. The Morgan fingerprint density at radius 2 is 1.37 bits per heavy atom. The first-order valence-electron chi connectivity index (χ1n) is 15.1. The average molecular weight is 493 g/mol. The summed E-state index contributed by atoms with van der Waals surface area (Å²) in [6.45, 7) is 5.14. The molecule has 1 nitrogen and oxygen atoms in total. The first-order valence-corrected chi connectivity index (χ1v) is 15.9. The number of hydrogen-bond donors (Lipinski definition) is 0. The lowest BCUT2D eigenvalue weighted by Gasteiger charge is -2.41. The number of allylic oxidation sites excluding steroid dienone is 1. The molecule has 0 N–H and O–H groups in total. The highest BCUT2D eigenvalue weighted by Crippen LogP contribution is 2.46. The monoisotopic (exact) mass is 492 g/mol. The summed E-state index contributed by atoms with van der Waals surface area (Å²) in [5.74, 6) is 7.03. The van der Waals surface area contributed by atoms with E-state index in [1.54, 1.807) is 25.7 Å². The van der Waals surface area contributed by atoms with Gasteiger partial charge in [0, 0.05) is 9.58 Å². The molecular formula is C33H48OS. The van der Waals surface area contributed by atoms with Gasteiger partial charge in [0.1, 0.15) is 5.75 Å². The number of hydrogen-bond acceptors (Lipinski definition) is 2. The summed E-state index contributed by atoms with van der Waals surface area (Å²) in [5.41, 5.74) is 0. The van der Waals surface area contributed by atoms with E-state index in [4.69, 9.17) is 4.74 Å². The third kappa shape index (κ3) is 6.54. The third-order valence-corrected chi connectivity index (χ3v) is 11.0. The van der Waals surface area contributed by atoms with Crippen molar-refractivity contribution in [3.63, 3.8) is 0 Å². The van der Waals surface area contributed by atoms with Crippen molar-refractivity contribution in [1.82, 2.24) is 0 Å². The Bertz CT molecular complexity index is 933. The lowest BCUT2D eigenvalue weighted by atomic mass is 9.65. The number of fused-ring (bicyclic) bond motifs is 1. The van der Waals surface area contributed by atoms with Gasteiger partial charge in [-0.05, 0) is 142 Å². The second-order valence-electron chi connectivity index (χ2n) is 12.1. The lowest BCUT2D eigenvalue weighted by Crippen LogP contribution is -2.29. The number of benzene rings is 1. The molecule has 192 valence electrons. The van der Waals surface area contributed by atoms with Gasteiger partial charge in [-0.25, -0.2) is 0 Å². The second kappa shape index (κ2) is 12.3. The van der Waals surface area contributed by atoms with E-state index in [2.05, 4.69) is 43.3 Å². The van der Waals surface area contributed by atoms with Crippen molar-refractivity contribution in [3.05, 3.63) is 35.2 Å². The SMILES string of the molecule is CCCC1CCC(C2CCC(C3CCC(/C=C/c4cc5ccc(OCC)cc5s4)CC3)CC2)CC1. The van der Waals surface area contributed by atoms with E-state index in [-0.39, 0.29) is 0 Å². The van der Waals surface area contributed by atoms with Gasteiger partial charge in [-0.3, -0.25) is 0 Å². The first-order chi connectivity index (χ1) is 17.2. The van der Waals surface area contributed by atoms with E-state index in [9.17, 15) is 0 Å². The van der Waals surface area contributed by atoms with Crippen molar-refractivity contribution in [2.75, 3.05) is 6.61 Å². The largest absolute Gasteiger partial charge is 0.494 e. The van der Waals surface area contributed by atoms with Gasteiger partial charge in [-0.1, -0.05) is 38.7 Å². The van der Waals surface area contributed by atoms with Gasteiger partial charge in [0.2, 0.25) is 0 Å². The van der Waals surface area contributed by atoms with Crippen LogP contribution in [0.4, 0.5) is 0 Å². The molecule has 1 aromatic heterocycles. The normalized spacial score (nSPS) is 32.3. The quantitative estimate of drug-likeness (QED) is 0.356. The van der Waals surface area contributed by atoms with Crippen LogP contribution in [0.5, 0.6) is 5.75 Å². The van der Waals surface area contributed by atoms with E-state index in [1.165, 1.54) is 79.2 Å². The van der Waals surface area contributed by atoms with Gasteiger partial charge < -0.3 is 4.74 Å². The molecular weight excluding hydrogens is 444 g/mol. The van der Waals surface area contributed by atoms with E-state index in [0.29, 0.717) is 0 Å². The molecule has 0 bridgehead atoms. The molecule has 3 fully saturated rings. The number of rotatable bonds is 8. The van der Waals surface area contributed by atoms with Gasteiger partial charge in [-0.15, -0.1) is 11.3 Å². The molecule has 3 saturated carbocycles. The molecule has 0 aliphatic heterocycles. The molecule has 0 amide bonds. The van der Waals surface area contributed by atoms with Crippen LogP contribution in [0.15, 0.2) is 30.3 Å². The summed E-state index contributed by atoms with van der Waals surface area (Å²) in [7, 11) is 0. The van der Waals surface area contributed by atoms with Crippen molar-refractivity contribution in [1.29, 1.82) is 0 Å². The molecule has 0 saturated heterocycles. The van der Waals surface area contributed by atoms with Crippen molar-refractivity contribution in [3.8, 4) is 5.75 Å². The van der Waals surface area contributed by atoms with E-state index < -0.39 is 0 Å². The van der Waals surface area contributed by atoms with Crippen LogP contribution in [-0.2, 0) is 0 Å². The molecule has 0 spiro atoms. The summed E-state index contributed by atoms with van der Waals surface area (Å²) >= 11 is 1.90. The summed E-state index contributed by atoms with van der Waals surface area (Å²) in [4.78, 5) is 1.39. The molecule has 2 aromatic rings. The Hall–Kier alpha value is -1.28. The Balaban J connectivity index is 1.05. The Morgan fingerprint density at radius 3 is 1.97 bits per heavy atom. The fourth-order valence-corrected chi connectivity index (χ4v) is 8.86. The van der Waals surface area contributed by atoms with Crippen LogP contribution < -0.4 is 4.74 Å². The van der Waals surface area contributed by atoms with Crippen molar-refractivity contribution < 1.29 is 4.74 Å². The highest BCUT2D eigenvalue weighted by atomic mass is 32.1. The minimum Gasteiger partial charge on any atom is -0.494 e. The Kier molecular flexibility index (Phi) is 8.92. The van der Waals surface area contributed by atoms with Crippen molar-refractivity contribution in [2.24, 2.45) is 35.5 Å². The maximum absolute atomic E-state index is 5.68. The average Bonchev–Trinajstić information content (AvgIpc) is 3.31. The van der Waals surface area contributed by atoms with E-state index >= 15 is 0 Å². The minimum atomic E-state index is 0.730. The second-order valence-corrected chi connectivity index (χ2v) is 13.2. The van der Waals surface area contributed by atoms with Crippen LogP contribution in [0.25, 0.3) is 16.2 Å². The van der Waals surface area contributed by atoms with Crippen LogP contribution in [0.1, 0.15) is 109 Å². The molecule has 35 heavy (non-hydrogen) atoms. The van der Waals surface area contributed by atoms with E-state index in [0.717, 1.165) is 47.9 Å². The molecule has 3 aliphatic rings.